The summed E-state index contributed by atoms with van der Waals surface area (Å²) in [4.78, 5) is 0. The van der Waals surface area contributed by atoms with Crippen molar-refractivity contribution in [3.63, 3.8) is 0 Å². The molecule has 0 radical (unpaired) electrons. The summed E-state index contributed by atoms with van der Waals surface area (Å²) in [5.41, 5.74) is 3.52. The summed E-state index contributed by atoms with van der Waals surface area (Å²) in [6.45, 7) is 0. The molecule has 6 heteroatoms. The van der Waals surface area contributed by atoms with Gasteiger partial charge in [0.1, 0.15) is 17.6 Å². The van der Waals surface area contributed by atoms with Gasteiger partial charge in [-0.15, -0.1) is 0 Å². The van der Waals surface area contributed by atoms with Crippen molar-refractivity contribution in [2.45, 2.75) is 25.0 Å². The normalized spacial score (nSPS) is 31.6. The van der Waals surface area contributed by atoms with Crippen molar-refractivity contribution in [2.75, 3.05) is 0 Å². The molecule has 3 heterocycles. The minimum Gasteiger partial charge on any atom is -0.350 e. The summed E-state index contributed by atoms with van der Waals surface area (Å²) in [7, 11) is 0. The number of ether oxygens (including phenoxy) is 2. The molecule has 4 atom stereocenters. The van der Waals surface area contributed by atoms with Crippen LogP contribution in [0.1, 0.15) is 12.8 Å². The molecule has 0 saturated carbocycles. The molecule has 156 valence electrons. The lowest BCUT2D eigenvalue weighted by atomic mass is 9.81. The number of azo groups is 4. The summed E-state index contributed by atoms with van der Waals surface area (Å²) in [6.07, 6.45) is 12.3. The zero-order chi connectivity index (χ0) is 21.1. The maximum atomic E-state index is 6.92. The number of nitrogens with zero attached hydrogens (tertiary/aromatic N) is 4. The van der Waals surface area contributed by atoms with E-state index in [1.165, 1.54) is 0 Å². The molecule has 0 amide bonds. The lowest BCUT2D eigenvalue weighted by Gasteiger charge is -2.40. The fourth-order valence-electron chi connectivity index (χ4n) is 5.18. The fraction of sp³-hybridized carbons (Fsp3) is 0.231. The van der Waals surface area contributed by atoms with E-state index in [1.54, 1.807) is 0 Å². The lowest BCUT2D eigenvalue weighted by molar-refractivity contribution is -0.927. The van der Waals surface area contributed by atoms with Gasteiger partial charge in [-0.25, -0.2) is 4.74 Å². The smallest absolute Gasteiger partial charge is 0.350 e. The average molecular weight is 422 g/mol. The van der Waals surface area contributed by atoms with Gasteiger partial charge < -0.3 is 4.74 Å². The first-order valence-corrected chi connectivity index (χ1v) is 11.1. The van der Waals surface area contributed by atoms with Crippen LogP contribution < -0.4 is 0 Å². The molecule has 3 unspecified atom stereocenters. The van der Waals surface area contributed by atoms with Crippen LogP contribution in [0, 0.1) is 11.8 Å². The van der Waals surface area contributed by atoms with Gasteiger partial charge >= 0.3 is 6.03 Å². The van der Waals surface area contributed by atoms with Gasteiger partial charge in [-0.1, -0.05) is 54.6 Å². The van der Waals surface area contributed by atoms with E-state index in [9.17, 15) is 0 Å². The van der Waals surface area contributed by atoms with Crippen LogP contribution in [0.25, 0.3) is 0 Å². The molecule has 1 spiro atoms. The van der Waals surface area contributed by atoms with E-state index in [1.807, 2.05) is 76.1 Å². The van der Waals surface area contributed by atoms with Crippen molar-refractivity contribution >= 4 is 11.4 Å². The zero-order valence-electron chi connectivity index (χ0n) is 17.4. The van der Waals surface area contributed by atoms with Crippen LogP contribution in [-0.4, -0.2) is 21.5 Å². The van der Waals surface area contributed by atoms with Gasteiger partial charge in [0.2, 0.25) is 11.4 Å². The predicted octanol–water partition coefficient (Wildman–Crippen LogP) is 5.88. The van der Waals surface area contributed by atoms with E-state index < -0.39 is 6.03 Å². The first kappa shape index (κ1) is 18.0. The number of para-hydroxylation sites is 2. The van der Waals surface area contributed by atoms with Gasteiger partial charge in [0.15, 0.2) is 5.70 Å². The molecular formula is C26H22N4O2+2. The summed E-state index contributed by atoms with van der Waals surface area (Å²) < 4.78 is 17.5. The van der Waals surface area contributed by atoms with Crippen molar-refractivity contribution in [2.24, 2.45) is 22.1 Å². The molecule has 1 fully saturated rings. The molecule has 2 aromatic rings. The van der Waals surface area contributed by atoms with Gasteiger partial charge in [0.25, 0.3) is 0 Å². The van der Waals surface area contributed by atoms with Crippen LogP contribution >= 0.6 is 0 Å². The standard InChI is InChI=1S/C26H22N4O2/c1-3-11-20(12-4-1)29-26-30(21-13-5-2-6-14-21)28-23-16-8-10-19(25(23)32-26)17-18-9-7-15-22(27-29)24(18)31-26/h1-9,11-16,18-19,24H,10,17H2/q+2/t18?,19?,24?,26-/m0/s1. The highest BCUT2D eigenvalue weighted by Gasteiger charge is 2.72. The molecule has 2 aromatic carbocycles. The van der Waals surface area contributed by atoms with Crippen LogP contribution in [0.2, 0.25) is 0 Å². The second-order valence-corrected chi connectivity index (χ2v) is 8.64. The lowest BCUT2D eigenvalue weighted by Crippen LogP contribution is -2.60. The highest BCUT2D eigenvalue weighted by molar-refractivity contribution is 5.35. The molecule has 3 aliphatic heterocycles. The minimum absolute atomic E-state index is 0.199. The second-order valence-electron chi connectivity index (χ2n) is 8.64. The SMILES string of the molecule is C1=CC2CC3CC=CC4=C3O[C@]3(OC2C(=C1)N=[N+]3c1ccccc1)[N+](c1ccccc1)=N4. The van der Waals surface area contributed by atoms with Crippen LogP contribution in [-0.2, 0) is 9.47 Å². The molecule has 5 aliphatic rings. The average Bonchev–Trinajstić information content (AvgIpc) is 2.84. The molecular weight excluding hydrogens is 400 g/mol. The number of hydrogen-bond acceptors (Lipinski definition) is 4. The van der Waals surface area contributed by atoms with Gasteiger partial charge in [-0.05, 0) is 25.0 Å². The van der Waals surface area contributed by atoms with E-state index >= 15 is 0 Å². The molecule has 3 bridgehead atoms. The van der Waals surface area contributed by atoms with Gasteiger partial charge in [-0.2, -0.15) is 0 Å². The predicted molar refractivity (Wildman–Crippen MR) is 116 cm³/mol. The van der Waals surface area contributed by atoms with Crippen LogP contribution in [0.3, 0.4) is 0 Å². The first-order valence-electron chi connectivity index (χ1n) is 11.1. The number of rotatable bonds is 2. The minimum atomic E-state index is -1.35. The molecule has 7 rings (SSSR count). The Labute approximate surface area is 185 Å². The summed E-state index contributed by atoms with van der Waals surface area (Å²) in [5.74, 6) is 1.37. The highest BCUT2D eigenvalue weighted by atomic mass is 16.8. The number of hydrogen-bond donors (Lipinski definition) is 0. The van der Waals surface area contributed by atoms with Crippen molar-refractivity contribution in [1.82, 2.24) is 0 Å². The van der Waals surface area contributed by atoms with Gasteiger partial charge in [-0.3, -0.25) is 0 Å². The Balaban J connectivity index is 1.55. The Morgan fingerprint density at radius 3 is 2.38 bits per heavy atom. The quantitative estimate of drug-likeness (QED) is 0.568. The van der Waals surface area contributed by atoms with Crippen LogP contribution in [0.4, 0.5) is 11.4 Å². The van der Waals surface area contributed by atoms with E-state index in [4.69, 9.17) is 19.7 Å². The van der Waals surface area contributed by atoms with Crippen molar-refractivity contribution in [1.29, 1.82) is 0 Å². The van der Waals surface area contributed by atoms with E-state index in [-0.39, 0.29) is 17.9 Å². The Morgan fingerprint density at radius 1 is 0.906 bits per heavy atom. The van der Waals surface area contributed by atoms with E-state index in [0.29, 0.717) is 0 Å². The van der Waals surface area contributed by atoms with Crippen LogP contribution in [0.15, 0.2) is 118 Å². The molecule has 6 nitrogen and oxygen atoms in total. The molecule has 1 saturated heterocycles. The van der Waals surface area contributed by atoms with Crippen molar-refractivity contribution in [3.05, 3.63) is 108 Å². The molecule has 0 N–H and O–H groups in total. The van der Waals surface area contributed by atoms with E-state index in [2.05, 4.69) is 24.3 Å². The number of benzene rings is 2. The number of allylic oxidation sites excluding steroid dienone is 5. The third-order valence-electron chi connectivity index (χ3n) is 6.67. The maximum absolute atomic E-state index is 6.92. The first-order chi connectivity index (χ1) is 15.8. The fourth-order valence-corrected chi connectivity index (χ4v) is 5.18. The Morgan fingerprint density at radius 2 is 1.62 bits per heavy atom. The van der Waals surface area contributed by atoms with Crippen LogP contribution in [0.5, 0.6) is 0 Å². The molecule has 2 aliphatic carbocycles. The monoisotopic (exact) mass is 422 g/mol. The van der Waals surface area contributed by atoms with Crippen molar-refractivity contribution < 1.29 is 18.9 Å². The van der Waals surface area contributed by atoms with Crippen molar-refractivity contribution in [3.8, 4) is 0 Å². The second kappa shape index (κ2) is 6.68. The summed E-state index contributed by atoms with van der Waals surface area (Å²) in [6, 6.07) is 18.7. The maximum Gasteiger partial charge on any atom is 0.715 e. The molecule has 32 heavy (non-hydrogen) atoms. The third kappa shape index (κ3) is 2.50. The highest BCUT2D eigenvalue weighted by Crippen LogP contribution is 2.50. The van der Waals surface area contributed by atoms with Gasteiger partial charge in [0.05, 0.1) is 9.39 Å². The molecule has 0 aromatic heterocycles. The zero-order valence-corrected chi connectivity index (χ0v) is 17.4. The van der Waals surface area contributed by atoms with E-state index in [0.717, 1.165) is 41.4 Å². The Kier molecular flexibility index (Phi) is 3.75. The Hall–Kier alpha value is -3.64. The largest absolute Gasteiger partial charge is 0.715 e. The topological polar surface area (TPSA) is 49.2 Å². The Bertz CT molecular complexity index is 1290. The summed E-state index contributed by atoms with van der Waals surface area (Å²) in [5, 5.41) is 10.2. The summed E-state index contributed by atoms with van der Waals surface area (Å²) >= 11 is 0. The third-order valence-corrected chi connectivity index (χ3v) is 6.67. The van der Waals surface area contributed by atoms with Gasteiger partial charge in [0, 0.05) is 46.3 Å².